The van der Waals surface area contributed by atoms with Crippen LogP contribution in [0.25, 0.3) is 20.9 Å². The highest BCUT2D eigenvalue weighted by Gasteiger charge is 2.07. The SMILES string of the molecule is [N-]=[N+]=NP(F)(=S)N=[N+]=[N-]. The lowest BCUT2D eigenvalue weighted by atomic mass is 13.0. The molecule has 0 heterocycles. The lowest BCUT2D eigenvalue weighted by Crippen LogP contribution is -1.49. The summed E-state index contributed by atoms with van der Waals surface area (Å²) in [6.45, 7) is -3.94. The molecule has 6 nitrogen and oxygen atoms in total. The highest BCUT2D eigenvalue weighted by atomic mass is 32.5. The molecule has 0 aliphatic carbocycles. The normalized spacial score (nSPS) is 14.3. The molecule has 0 aromatic carbocycles. The Hall–Kier alpha value is -0.800. The standard InChI is InChI=1S/FN6PS/c1-8(9,6-4-2)7-5-3. The molecule has 0 aliphatic heterocycles. The second-order valence-corrected chi connectivity index (χ2v) is 3.53. The van der Waals surface area contributed by atoms with E-state index in [0.29, 0.717) is 0 Å². The molecule has 0 radical (unpaired) electrons. The molecule has 0 rings (SSSR count). The average Bonchev–Trinajstić information content (AvgIpc) is 1.64. The van der Waals surface area contributed by atoms with Gasteiger partial charge >= 0.3 is 0 Å². The van der Waals surface area contributed by atoms with Gasteiger partial charge in [-0.3, -0.25) is 0 Å². The van der Waals surface area contributed by atoms with E-state index in [4.69, 9.17) is 11.1 Å². The zero-order valence-electron chi connectivity index (χ0n) is 3.92. The Morgan fingerprint density at radius 3 is 1.89 bits per heavy atom. The van der Waals surface area contributed by atoms with E-state index in [1.54, 1.807) is 0 Å². The molecule has 0 aliphatic rings. The number of nitrogens with zero attached hydrogens (tertiary/aromatic N) is 6. The Kier molecular flexibility index (Phi) is 2.98. The van der Waals surface area contributed by atoms with Crippen LogP contribution in [0.5, 0.6) is 0 Å². The molecule has 0 bridgehead atoms. The Labute approximate surface area is 54.2 Å². The molecule has 0 unspecified atom stereocenters. The Morgan fingerprint density at radius 1 is 1.33 bits per heavy atom. The van der Waals surface area contributed by atoms with E-state index < -0.39 is 6.65 Å². The van der Waals surface area contributed by atoms with Crippen molar-refractivity contribution in [3.05, 3.63) is 20.9 Å². The van der Waals surface area contributed by atoms with Gasteiger partial charge in [0, 0.05) is 9.82 Å². The van der Waals surface area contributed by atoms with E-state index in [0.717, 1.165) is 0 Å². The van der Waals surface area contributed by atoms with Crippen LogP contribution in [0.15, 0.2) is 9.77 Å². The van der Waals surface area contributed by atoms with Crippen LogP contribution in [-0.4, -0.2) is 0 Å². The minimum Gasteiger partial charge on any atom is -0.204 e. The maximum atomic E-state index is 12.2. The molecule has 0 fully saturated rings. The summed E-state index contributed by atoms with van der Waals surface area (Å²) in [4.78, 5) is 9.04. The van der Waals surface area contributed by atoms with Gasteiger partial charge in [-0.05, 0) is 32.6 Å². The highest BCUT2D eigenvalue weighted by molar-refractivity contribution is 8.10. The fourth-order valence-corrected chi connectivity index (χ4v) is 0.546. The smallest absolute Gasteiger partial charge is 0.204 e. The second-order valence-electron chi connectivity index (χ2n) is 0.831. The minimum absolute atomic E-state index is 2.06. The first-order valence-electron chi connectivity index (χ1n) is 1.55. The van der Waals surface area contributed by atoms with Gasteiger partial charge in [0.2, 0.25) is 0 Å². The molecule has 0 amide bonds. The number of hydrogen-bond donors (Lipinski definition) is 0. The van der Waals surface area contributed by atoms with E-state index >= 15 is 0 Å². The van der Waals surface area contributed by atoms with Crippen molar-refractivity contribution in [2.24, 2.45) is 9.77 Å². The molecule has 0 N–H and O–H groups in total. The average molecular weight is 166 g/mol. The summed E-state index contributed by atoms with van der Waals surface area (Å²) in [5.74, 6) is 0. The van der Waals surface area contributed by atoms with Crippen molar-refractivity contribution in [1.29, 1.82) is 0 Å². The van der Waals surface area contributed by atoms with Crippen LogP contribution in [0, 0.1) is 0 Å². The van der Waals surface area contributed by atoms with E-state index in [2.05, 4.69) is 31.4 Å². The molecule has 9 heavy (non-hydrogen) atoms. The van der Waals surface area contributed by atoms with Crippen LogP contribution in [0.2, 0.25) is 0 Å². The van der Waals surface area contributed by atoms with Crippen LogP contribution in [0.4, 0.5) is 4.20 Å². The lowest BCUT2D eigenvalue weighted by molar-refractivity contribution is 0.884. The zero-order valence-corrected chi connectivity index (χ0v) is 5.63. The number of rotatable bonds is 2. The van der Waals surface area contributed by atoms with Gasteiger partial charge in [0.15, 0.2) is 0 Å². The van der Waals surface area contributed by atoms with Gasteiger partial charge < -0.3 is 0 Å². The summed E-state index contributed by atoms with van der Waals surface area (Å²) in [6, 6.07) is 0. The fraction of sp³-hybridized carbons (Fsp3) is 0. The van der Waals surface area contributed by atoms with Crippen molar-refractivity contribution in [1.82, 2.24) is 0 Å². The van der Waals surface area contributed by atoms with Crippen molar-refractivity contribution in [3.8, 4) is 0 Å². The Bertz CT molecular complexity index is 209. The van der Waals surface area contributed by atoms with Crippen molar-refractivity contribution < 1.29 is 4.20 Å². The van der Waals surface area contributed by atoms with Gasteiger partial charge in [-0.2, -0.15) is 0 Å². The first-order valence-corrected chi connectivity index (χ1v) is 4.15. The monoisotopic (exact) mass is 166 g/mol. The van der Waals surface area contributed by atoms with Gasteiger partial charge in [-0.25, -0.2) is 4.20 Å². The summed E-state index contributed by atoms with van der Waals surface area (Å²) in [6.07, 6.45) is 0. The predicted molar refractivity (Wildman–Crippen MR) is 33.7 cm³/mol. The lowest BCUT2D eigenvalue weighted by Gasteiger charge is -1.88. The minimum atomic E-state index is -3.94. The van der Waals surface area contributed by atoms with Crippen LogP contribution in [0.1, 0.15) is 0 Å². The number of azide groups is 1. The van der Waals surface area contributed by atoms with E-state index in [1.165, 1.54) is 0 Å². The largest absolute Gasteiger partial charge is 0.285 e. The third-order valence-electron chi connectivity index (χ3n) is 0.301. The van der Waals surface area contributed by atoms with Crippen LogP contribution in [-0.2, 0) is 11.8 Å². The van der Waals surface area contributed by atoms with Crippen molar-refractivity contribution >= 4 is 18.5 Å². The van der Waals surface area contributed by atoms with Gasteiger partial charge in [0.05, 0.1) is 0 Å². The first-order chi connectivity index (χ1) is 4.12. The quantitative estimate of drug-likeness (QED) is 0.268. The van der Waals surface area contributed by atoms with E-state index in [9.17, 15) is 4.20 Å². The fourth-order valence-electron chi connectivity index (χ4n) is 0.117. The summed E-state index contributed by atoms with van der Waals surface area (Å²) < 4.78 is 12.2. The second kappa shape index (κ2) is 3.27. The summed E-state index contributed by atoms with van der Waals surface area (Å²) in [5, 5.41) is 0. The maximum absolute atomic E-state index is 12.2. The zero-order chi connectivity index (χ0) is 7.33. The van der Waals surface area contributed by atoms with Crippen LogP contribution in [0.3, 0.4) is 0 Å². The third-order valence-corrected chi connectivity index (χ3v) is 1.34. The molecular formula is FN6PS. The molecule has 0 saturated carbocycles. The topological polar surface area (TPSA) is 97.5 Å². The van der Waals surface area contributed by atoms with Gasteiger partial charge in [-0.1, -0.05) is 0 Å². The third kappa shape index (κ3) is 3.76. The van der Waals surface area contributed by atoms with Crippen LogP contribution >= 0.6 is 6.65 Å². The molecular weight excluding hydrogens is 166 g/mol. The molecule has 48 valence electrons. The van der Waals surface area contributed by atoms with Gasteiger partial charge in [0.25, 0.3) is 6.65 Å². The molecule has 0 atom stereocenters. The predicted octanol–water partition coefficient (Wildman–Crippen LogP) is 2.80. The number of hydrogen-bond acceptors (Lipinski definition) is 1. The van der Waals surface area contributed by atoms with E-state index in [1.807, 2.05) is 0 Å². The van der Waals surface area contributed by atoms with Crippen LogP contribution < -0.4 is 0 Å². The van der Waals surface area contributed by atoms with Crippen molar-refractivity contribution in [3.63, 3.8) is 0 Å². The summed E-state index contributed by atoms with van der Waals surface area (Å²) >= 11 is 3.95. The van der Waals surface area contributed by atoms with E-state index in [-0.39, 0.29) is 0 Å². The first kappa shape index (κ1) is 8.20. The van der Waals surface area contributed by atoms with Gasteiger partial charge in [-0.15, -0.1) is 0 Å². The van der Waals surface area contributed by atoms with Crippen molar-refractivity contribution in [2.45, 2.75) is 0 Å². The van der Waals surface area contributed by atoms with Gasteiger partial charge in [0.1, 0.15) is 0 Å². The number of halogens is 1. The molecule has 0 aromatic heterocycles. The van der Waals surface area contributed by atoms with Crippen molar-refractivity contribution in [2.75, 3.05) is 0 Å². The molecule has 0 saturated heterocycles. The summed E-state index contributed by atoms with van der Waals surface area (Å²) in [5.41, 5.74) is 15.2. The highest BCUT2D eigenvalue weighted by Crippen LogP contribution is 2.51. The molecule has 9 heteroatoms. The molecule has 0 aromatic rings. The Balaban J connectivity index is 4.59. The molecule has 0 spiro atoms. The Morgan fingerprint density at radius 2 is 1.67 bits per heavy atom. The summed E-state index contributed by atoms with van der Waals surface area (Å²) in [7, 11) is 0. The maximum Gasteiger partial charge on any atom is 0.285 e.